The van der Waals surface area contributed by atoms with Gasteiger partial charge in [-0.15, -0.1) is 11.8 Å². The second-order valence-electron chi connectivity index (χ2n) is 5.00. The summed E-state index contributed by atoms with van der Waals surface area (Å²) in [4.78, 5) is 1.47. The van der Waals surface area contributed by atoms with Crippen molar-refractivity contribution in [3.63, 3.8) is 0 Å². The van der Waals surface area contributed by atoms with Crippen LogP contribution in [0.15, 0.2) is 23.1 Å². The van der Waals surface area contributed by atoms with Crippen molar-refractivity contribution in [1.82, 2.24) is 0 Å². The molecular weight excluding hydrogens is 224 g/mol. The summed E-state index contributed by atoms with van der Waals surface area (Å²) >= 11 is 2.04. The van der Waals surface area contributed by atoms with Crippen molar-refractivity contribution in [2.75, 3.05) is 5.75 Å². The standard InChI is InChI=1S/C16H26S/c1-5-7-8-15(6-2)12-17-16-11-13(3)9-10-14(16)4/h9-11,15H,5-8,12H2,1-4H3. The topological polar surface area (TPSA) is 0 Å². The maximum atomic E-state index is 2.33. The smallest absolute Gasteiger partial charge is 0.0104 e. The van der Waals surface area contributed by atoms with Gasteiger partial charge in [0.1, 0.15) is 0 Å². The van der Waals surface area contributed by atoms with Gasteiger partial charge in [0.25, 0.3) is 0 Å². The van der Waals surface area contributed by atoms with Gasteiger partial charge in [0.2, 0.25) is 0 Å². The Balaban J connectivity index is 2.50. The molecule has 0 nitrogen and oxygen atoms in total. The molecule has 0 heterocycles. The second kappa shape index (κ2) is 7.81. The van der Waals surface area contributed by atoms with Gasteiger partial charge in [-0.25, -0.2) is 0 Å². The molecule has 96 valence electrons. The van der Waals surface area contributed by atoms with Crippen molar-refractivity contribution in [1.29, 1.82) is 0 Å². The van der Waals surface area contributed by atoms with E-state index in [2.05, 4.69) is 45.9 Å². The average Bonchev–Trinajstić information content (AvgIpc) is 2.33. The molecule has 1 aromatic rings. The molecule has 1 heteroatoms. The van der Waals surface area contributed by atoms with Crippen LogP contribution in [0.2, 0.25) is 0 Å². The first-order valence-electron chi connectivity index (χ1n) is 6.87. The Labute approximate surface area is 111 Å². The zero-order chi connectivity index (χ0) is 12.7. The van der Waals surface area contributed by atoms with E-state index in [-0.39, 0.29) is 0 Å². The van der Waals surface area contributed by atoms with Crippen LogP contribution < -0.4 is 0 Å². The fourth-order valence-corrected chi connectivity index (χ4v) is 3.35. The molecule has 0 aromatic heterocycles. The zero-order valence-electron chi connectivity index (χ0n) is 11.8. The summed E-state index contributed by atoms with van der Waals surface area (Å²) in [5.41, 5.74) is 2.80. The van der Waals surface area contributed by atoms with Crippen LogP contribution in [0.5, 0.6) is 0 Å². The fraction of sp³-hybridized carbons (Fsp3) is 0.625. The lowest BCUT2D eigenvalue weighted by molar-refractivity contribution is 0.499. The van der Waals surface area contributed by atoms with Crippen molar-refractivity contribution in [2.24, 2.45) is 5.92 Å². The lowest BCUT2D eigenvalue weighted by Gasteiger charge is -2.15. The molecule has 0 N–H and O–H groups in total. The molecule has 1 aromatic carbocycles. The third-order valence-electron chi connectivity index (χ3n) is 3.36. The van der Waals surface area contributed by atoms with Crippen molar-refractivity contribution in [3.05, 3.63) is 29.3 Å². The molecule has 0 aliphatic heterocycles. The van der Waals surface area contributed by atoms with Crippen LogP contribution in [-0.4, -0.2) is 5.75 Å². The van der Waals surface area contributed by atoms with Crippen molar-refractivity contribution < 1.29 is 0 Å². The number of hydrogen-bond acceptors (Lipinski definition) is 1. The van der Waals surface area contributed by atoms with E-state index in [9.17, 15) is 0 Å². The number of aryl methyl sites for hydroxylation is 2. The molecule has 17 heavy (non-hydrogen) atoms. The van der Waals surface area contributed by atoms with Gasteiger partial charge < -0.3 is 0 Å². The van der Waals surface area contributed by atoms with Crippen LogP contribution >= 0.6 is 11.8 Å². The Kier molecular flexibility index (Phi) is 6.72. The largest absolute Gasteiger partial charge is 0.126 e. The van der Waals surface area contributed by atoms with Crippen LogP contribution in [0.3, 0.4) is 0 Å². The van der Waals surface area contributed by atoms with Gasteiger partial charge in [0.15, 0.2) is 0 Å². The van der Waals surface area contributed by atoms with E-state index in [1.165, 1.54) is 47.5 Å². The quantitative estimate of drug-likeness (QED) is 0.567. The van der Waals surface area contributed by atoms with Crippen LogP contribution in [0, 0.1) is 19.8 Å². The third-order valence-corrected chi connectivity index (χ3v) is 4.75. The molecule has 1 atom stereocenters. The summed E-state index contributed by atoms with van der Waals surface area (Å²) in [6.07, 6.45) is 5.42. The molecule has 0 radical (unpaired) electrons. The van der Waals surface area contributed by atoms with Crippen LogP contribution in [0.4, 0.5) is 0 Å². The molecule has 0 bridgehead atoms. The van der Waals surface area contributed by atoms with Gasteiger partial charge in [-0.2, -0.15) is 0 Å². The van der Waals surface area contributed by atoms with E-state index in [0.29, 0.717) is 0 Å². The first-order valence-corrected chi connectivity index (χ1v) is 7.86. The van der Waals surface area contributed by atoms with Crippen LogP contribution in [0.1, 0.15) is 50.7 Å². The Hall–Kier alpha value is -0.430. The molecule has 0 saturated heterocycles. The van der Waals surface area contributed by atoms with E-state index < -0.39 is 0 Å². The molecule has 0 aliphatic rings. The lowest BCUT2D eigenvalue weighted by Crippen LogP contribution is -2.02. The molecule has 0 spiro atoms. The number of hydrogen-bond donors (Lipinski definition) is 0. The number of benzene rings is 1. The highest BCUT2D eigenvalue weighted by Crippen LogP contribution is 2.28. The van der Waals surface area contributed by atoms with Crippen LogP contribution in [0.25, 0.3) is 0 Å². The van der Waals surface area contributed by atoms with E-state index in [4.69, 9.17) is 0 Å². The van der Waals surface area contributed by atoms with Crippen molar-refractivity contribution >= 4 is 11.8 Å². The van der Waals surface area contributed by atoms with E-state index in [0.717, 1.165) is 5.92 Å². The molecule has 1 rings (SSSR count). The average molecular weight is 250 g/mol. The molecular formula is C16H26S. The summed E-state index contributed by atoms with van der Waals surface area (Å²) < 4.78 is 0. The monoisotopic (exact) mass is 250 g/mol. The third kappa shape index (κ3) is 5.16. The summed E-state index contributed by atoms with van der Waals surface area (Å²) in [5.74, 6) is 2.17. The Morgan fingerprint density at radius 1 is 1.18 bits per heavy atom. The lowest BCUT2D eigenvalue weighted by atomic mass is 10.0. The van der Waals surface area contributed by atoms with Crippen LogP contribution in [-0.2, 0) is 0 Å². The molecule has 0 fully saturated rings. The molecule has 0 saturated carbocycles. The van der Waals surface area contributed by atoms with Gasteiger partial charge in [0, 0.05) is 10.6 Å². The number of thioether (sulfide) groups is 1. The molecule has 0 amide bonds. The van der Waals surface area contributed by atoms with E-state index >= 15 is 0 Å². The highest BCUT2D eigenvalue weighted by atomic mass is 32.2. The van der Waals surface area contributed by atoms with E-state index in [1.54, 1.807) is 0 Å². The summed E-state index contributed by atoms with van der Waals surface area (Å²) in [5, 5.41) is 0. The normalized spacial score (nSPS) is 12.7. The Morgan fingerprint density at radius 3 is 2.59 bits per heavy atom. The maximum Gasteiger partial charge on any atom is 0.0104 e. The van der Waals surface area contributed by atoms with Gasteiger partial charge in [-0.1, -0.05) is 50.8 Å². The number of rotatable bonds is 7. The minimum absolute atomic E-state index is 0.889. The van der Waals surface area contributed by atoms with Crippen molar-refractivity contribution in [3.8, 4) is 0 Å². The predicted octanol–water partition coefficient (Wildman–Crippen LogP) is 5.61. The minimum Gasteiger partial charge on any atom is -0.126 e. The first kappa shape index (κ1) is 14.6. The zero-order valence-corrected chi connectivity index (χ0v) is 12.6. The Morgan fingerprint density at radius 2 is 1.94 bits per heavy atom. The van der Waals surface area contributed by atoms with E-state index in [1.807, 2.05) is 11.8 Å². The highest BCUT2D eigenvalue weighted by molar-refractivity contribution is 7.99. The van der Waals surface area contributed by atoms with Gasteiger partial charge >= 0.3 is 0 Å². The van der Waals surface area contributed by atoms with Crippen molar-refractivity contribution in [2.45, 2.75) is 58.3 Å². The minimum atomic E-state index is 0.889. The molecule has 0 aliphatic carbocycles. The van der Waals surface area contributed by atoms with Gasteiger partial charge in [0.05, 0.1) is 0 Å². The fourth-order valence-electron chi connectivity index (χ4n) is 1.97. The SMILES string of the molecule is CCCCC(CC)CSc1cc(C)ccc1C. The maximum absolute atomic E-state index is 2.33. The molecule has 1 unspecified atom stereocenters. The summed E-state index contributed by atoms with van der Waals surface area (Å²) in [7, 11) is 0. The van der Waals surface area contributed by atoms with Gasteiger partial charge in [-0.05, 0) is 37.8 Å². The summed E-state index contributed by atoms with van der Waals surface area (Å²) in [6.45, 7) is 9.00. The Bertz CT molecular complexity index is 330. The first-order chi connectivity index (χ1) is 8.17. The summed E-state index contributed by atoms with van der Waals surface area (Å²) in [6, 6.07) is 6.77. The number of unbranched alkanes of at least 4 members (excludes halogenated alkanes) is 1. The van der Waals surface area contributed by atoms with Gasteiger partial charge in [-0.3, -0.25) is 0 Å². The second-order valence-corrected chi connectivity index (χ2v) is 6.06. The highest BCUT2D eigenvalue weighted by Gasteiger charge is 2.07. The predicted molar refractivity (Wildman–Crippen MR) is 79.9 cm³/mol.